The van der Waals surface area contributed by atoms with Crippen LogP contribution < -0.4 is 65.1 Å². The Labute approximate surface area is 532 Å². The van der Waals surface area contributed by atoms with Crippen molar-refractivity contribution in [1.82, 2.24) is 57.8 Å². The molecular weight excluding hydrogens is 1220 g/mol. The lowest BCUT2D eigenvalue weighted by atomic mass is 9.99. The first-order chi connectivity index (χ1) is 44.0. The first kappa shape index (κ1) is 76.9. The Balaban J connectivity index is 2.01. The van der Waals surface area contributed by atoms with Crippen molar-refractivity contribution < 1.29 is 97.5 Å². The molecule has 0 fully saturated rings. The van der Waals surface area contributed by atoms with Gasteiger partial charge in [0.1, 0.15) is 54.4 Å². The average Bonchev–Trinajstić information content (AvgIpc) is 2.55. The number of nitrogens with one attached hydrogen (secondary N) is 10. The molecule has 0 saturated carbocycles. The predicted molar refractivity (Wildman–Crippen MR) is 325 cm³/mol. The van der Waals surface area contributed by atoms with Crippen LogP contribution in [0.15, 0.2) is 73.2 Å². The van der Waals surface area contributed by atoms with Crippen LogP contribution in [0.3, 0.4) is 0 Å². The van der Waals surface area contributed by atoms with Crippen molar-refractivity contribution in [3.8, 4) is 0 Å². The number of imidazole rings is 1. The molecule has 34 nitrogen and oxygen atoms in total. The largest absolute Gasteiger partial charge is 0.481 e. The van der Waals surface area contributed by atoms with E-state index in [1.807, 2.05) is 5.32 Å². The summed E-state index contributed by atoms with van der Waals surface area (Å²) in [5.74, 6) is -19.3. The van der Waals surface area contributed by atoms with Crippen LogP contribution in [-0.2, 0) is 91.2 Å². The molecule has 10 amide bonds. The maximum Gasteiger partial charge on any atom is 0.326 e. The molecule has 21 N–H and O–H groups in total. The predicted octanol–water partition coefficient (Wildman–Crippen LogP) is -3.67. The molecule has 2 aromatic carbocycles. The van der Waals surface area contributed by atoms with E-state index in [1.165, 1.54) is 12.5 Å². The van der Waals surface area contributed by atoms with Gasteiger partial charge in [0.15, 0.2) is 0 Å². The summed E-state index contributed by atoms with van der Waals surface area (Å²) in [4.78, 5) is 204. The maximum atomic E-state index is 14.8. The fraction of sp³-hybridized carbons (Fsp3) is 0.492. The van der Waals surface area contributed by atoms with Crippen LogP contribution in [0, 0.1) is 5.92 Å². The molecule has 1 aromatic heterocycles. The molecule has 34 heteroatoms. The van der Waals surface area contributed by atoms with Crippen molar-refractivity contribution in [2.45, 2.75) is 171 Å². The summed E-state index contributed by atoms with van der Waals surface area (Å²) in [6.45, 7) is 3.35. The first-order valence-corrected chi connectivity index (χ1v) is 29.6. The quantitative estimate of drug-likeness (QED) is 0.0243. The molecule has 0 bridgehead atoms. The van der Waals surface area contributed by atoms with Gasteiger partial charge in [-0.05, 0) is 68.5 Å². The topological polar surface area (TPSA) is 572 Å². The minimum absolute atomic E-state index is 0.0324. The van der Waals surface area contributed by atoms with E-state index in [1.54, 1.807) is 74.5 Å². The van der Waals surface area contributed by atoms with E-state index >= 15 is 0 Å². The van der Waals surface area contributed by atoms with Gasteiger partial charge in [0.2, 0.25) is 59.1 Å². The van der Waals surface area contributed by atoms with Crippen LogP contribution in [0.4, 0.5) is 0 Å². The summed E-state index contributed by atoms with van der Waals surface area (Å²) in [5, 5.41) is 68.8. The number of nitrogens with zero attached hydrogens (tertiary/aromatic N) is 1. The second-order valence-corrected chi connectivity index (χ2v) is 22.0. The highest BCUT2D eigenvalue weighted by Gasteiger charge is 2.37. The van der Waals surface area contributed by atoms with Gasteiger partial charge < -0.3 is 95.6 Å². The number of H-pyrrole nitrogens is 1. The number of hydrogen-bond acceptors (Lipinski definition) is 18. The zero-order valence-electron chi connectivity index (χ0n) is 51.1. The second kappa shape index (κ2) is 39.7. The number of unbranched alkanes of at least 4 members (excludes halogenated alkanes) is 1. The molecule has 0 aliphatic rings. The third kappa shape index (κ3) is 29.0. The Morgan fingerprint density at radius 1 is 0.441 bits per heavy atom. The number of carboxylic acids is 5. The lowest BCUT2D eigenvalue weighted by Gasteiger charge is -2.29. The highest BCUT2D eigenvalue weighted by Crippen LogP contribution is 2.14. The summed E-state index contributed by atoms with van der Waals surface area (Å²) >= 11 is 0. The van der Waals surface area contributed by atoms with Crippen molar-refractivity contribution in [2.75, 3.05) is 6.54 Å². The van der Waals surface area contributed by atoms with Gasteiger partial charge in [0.05, 0.1) is 18.8 Å². The van der Waals surface area contributed by atoms with Crippen LogP contribution in [0.5, 0.6) is 0 Å². The summed E-state index contributed by atoms with van der Waals surface area (Å²) in [6.07, 6.45) is -3.53. The summed E-state index contributed by atoms with van der Waals surface area (Å²) in [5.41, 5.74) is 18.7. The number of primary amides is 1. The number of carbonyl (C=O) groups excluding carboxylic acids is 10. The van der Waals surface area contributed by atoms with Gasteiger partial charge in [-0.2, -0.15) is 0 Å². The molecule has 1 heterocycles. The highest BCUT2D eigenvalue weighted by molar-refractivity contribution is 5.99. The Bertz CT molecular complexity index is 3060. The molecule has 0 aliphatic carbocycles. The zero-order valence-corrected chi connectivity index (χ0v) is 51.1. The van der Waals surface area contributed by atoms with Crippen LogP contribution in [0.1, 0.15) is 108 Å². The molecule has 3 rings (SSSR count). The lowest BCUT2D eigenvalue weighted by Crippen LogP contribution is -2.61. The minimum Gasteiger partial charge on any atom is -0.481 e. The fourth-order valence-electron chi connectivity index (χ4n) is 9.11. The highest BCUT2D eigenvalue weighted by atomic mass is 16.4. The number of aromatic nitrogens is 2. The van der Waals surface area contributed by atoms with Crippen molar-refractivity contribution in [3.05, 3.63) is 90.0 Å². The van der Waals surface area contributed by atoms with Crippen molar-refractivity contribution in [1.29, 1.82) is 0 Å². The standard InChI is InChI=1S/C59H82N14O20/c1-31(2)49(73-55(88)37(16-20-44(62)74)66-51(84)36(15-9-10-24-60)65-50(83)35(61)27-34-29-63-30-64-34)58(91)71-42(26-33-13-7-4-8-14-33)57(90)70-41(25-32-11-5-3-6-12-32)56(89)69-39(18-22-46(77)78)53(86)67-38(17-21-45(75)76)52(85)68-40(19-23-47(79)80)54(87)72-43(59(92)93)28-48(81)82/h3-8,11-14,29-31,35-43,49H,9-10,15-28,60-61H2,1-2H3,(H2,62,74)(H,63,64)(H,65,83)(H,66,84)(H,67,86)(H,68,85)(H,69,89)(H,70,90)(H,71,91)(H,72,87)(H,73,88)(H,75,76)(H,77,78)(H,79,80)(H,81,82)(H,92,93)/t35-,36-,37-,38-,39-,40-,41-,42-,43-,49-/m0/s1. The van der Waals surface area contributed by atoms with E-state index in [4.69, 9.17) is 22.3 Å². The number of nitrogens with two attached hydrogens (primary N) is 3. The number of aromatic amines is 1. The van der Waals surface area contributed by atoms with Gasteiger partial charge in [-0.1, -0.05) is 74.5 Å². The molecule has 0 spiro atoms. The van der Waals surface area contributed by atoms with E-state index in [-0.39, 0.29) is 38.6 Å². The molecule has 0 radical (unpaired) electrons. The lowest BCUT2D eigenvalue weighted by molar-refractivity contribution is -0.147. The molecule has 10 atom stereocenters. The summed E-state index contributed by atoms with van der Waals surface area (Å²) < 4.78 is 0. The van der Waals surface area contributed by atoms with E-state index in [9.17, 15) is 92.3 Å². The number of aliphatic carboxylic acids is 5. The SMILES string of the molecule is CC(C)[C@H](NC(=O)[C@H](CCC(N)=O)NC(=O)[C@H](CCCCN)NC(=O)[C@@H](N)Cc1cnc[nH]1)C(=O)N[C@@H](Cc1ccccc1)C(=O)N[C@@H](Cc1ccccc1)C(=O)N[C@@H](CCC(=O)O)C(=O)N[C@@H](CCC(=O)O)C(=O)N[C@@H](CCC(=O)O)C(=O)N[C@@H](CC(=O)O)C(=O)O. The van der Waals surface area contributed by atoms with Crippen LogP contribution >= 0.6 is 0 Å². The molecule has 508 valence electrons. The maximum absolute atomic E-state index is 14.8. The van der Waals surface area contributed by atoms with Crippen LogP contribution in [-0.4, -0.2) is 191 Å². The number of carboxylic acid groups (broad SMARTS) is 5. The molecule has 3 aromatic rings. The number of amides is 10. The van der Waals surface area contributed by atoms with Crippen LogP contribution in [0.2, 0.25) is 0 Å². The Kier molecular flexibility index (Phi) is 32.8. The van der Waals surface area contributed by atoms with Gasteiger partial charge in [0, 0.05) is 56.8 Å². The van der Waals surface area contributed by atoms with Gasteiger partial charge in [-0.15, -0.1) is 0 Å². The number of benzene rings is 2. The minimum atomic E-state index is -2.07. The zero-order chi connectivity index (χ0) is 69.3. The normalized spacial score (nSPS) is 14.2. The second-order valence-electron chi connectivity index (χ2n) is 22.0. The van der Waals surface area contributed by atoms with Gasteiger partial charge in [0.25, 0.3) is 0 Å². The molecule has 0 unspecified atom stereocenters. The van der Waals surface area contributed by atoms with E-state index < -0.39 is 207 Å². The molecular formula is C59H82N14O20. The van der Waals surface area contributed by atoms with Crippen molar-refractivity contribution >= 4 is 88.9 Å². The molecule has 0 aliphatic heterocycles. The van der Waals surface area contributed by atoms with Crippen LogP contribution in [0.25, 0.3) is 0 Å². The third-order valence-corrected chi connectivity index (χ3v) is 14.1. The van der Waals surface area contributed by atoms with E-state index in [0.717, 1.165) is 0 Å². The molecule has 0 saturated heterocycles. The smallest absolute Gasteiger partial charge is 0.326 e. The average molecular weight is 1310 g/mol. The molecule has 93 heavy (non-hydrogen) atoms. The van der Waals surface area contributed by atoms with Gasteiger partial charge >= 0.3 is 29.8 Å². The van der Waals surface area contributed by atoms with Gasteiger partial charge in [-0.3, -0.25) is 67.1 Å². The fourth-order valence-corrected chi connectivity index (χ4v) is 9.11. The monoisotopic (exact) mass is 1310 g/mol. The first-order valence-electron chi connectivity index (χ1n) is 29.6. The Hall–Kier alpha value is -10.4. The number of carbonyl (C=O) groups is 15. The Morgan fingerprint density at radius 3 is 1.17 bits per heavy atom. The van der Waals surface area contributed by atoms with E-state index in [2.05, 4.69) is 52.5 Å². The third-order valence-electron chi connectivity index (χ3n) is 14.1. The van der Waals surface area contributed by atoms with Crippen molar-refractivity contribution in [3.63, 3.8) is 0 Å². The summed E-state index contributed by atoms with van der Waals surface area (Å²) in [7, 11) is 0. The number of hydrogen-bond donors (Lipinski definition) is 18. The van der Waals surface area contributed by atoms with Crippen molar-refractivity contribution in [2.24, 2.45) is 23.1 Å². The van der Waals surface area contributed by atoms with Gasteiger partial charge in [-0.25, -0.2) is 9.78 Å². The number of rotatable bonds is 44. The summed E-state index contributed by atoms with van der Waals surface area (Å²) in [6, 6.07) is -0.429. The Morgan fingerprint density at radius 2 is 0.806 bits per heavy atom. The van der Waals surface area contributed by atoms with E-state index in [0.29, 0.717) is 29.7 Å².